The van der Waals surface area contributed by atoms with Gasteiger partial charge in [0.25, 0.3) is 0 Å². The highest BCUT2D eigenvalue weighted by molar-refractivity contribution is 6.18. The third-order valence-electron chi connectivity index (χ3n) is 9.70. The van der Waals surface area contributed by atoms with Gasteiger partial charge in [0.05, 0.1) is 0 Å². The van der Waals surface area contributed by atoms with Crippen LogP contribution in [0.1, 0.15) is 0 Å². The molecule has 0 aliphatic carbocycles. The number of nitrogens with zero attached hydrogens (tertiary/aromatic N) is 3. The van der Waals surface area contributed by atoms with E-state index in [9.17, 15) is 0 Å². The van der Waals surface area contributed by atoms with E-state index in [4.69, 9.17) is 19.4 Å². The van der Waals surface area contributed by atoms with Crippen molar-refractivity contribution in [2.45, 2.75) is 0 Å². The maximum Gasteiger partial charge on any atom is 0.164 e. The molecule has 4 heteroatoms. The second kappa shape index (κ2) is 11.9. The zero-order valence-corrected chi connectivity index (χ0v) is 27.5. The molecular weight excluding hydrogens is 623 g/mol. The summed E-state index contributed by atoms with van der Waals surface area (Å²) in [6.45, 7) is 0. The number of hydrogen-bond donors (Lipinski definition) is 0. The molecule has 2 aromatic heterocycles. The van der Waals surface area contributed by atoms with Gasteiger partial charge in [-0.3, -0.25) is 0 Å². The molecule has 2 heterocycles. The molecule has 0 fully saturated rings. The molecule has 0 radical (unpaired) electrons. The minimum absolute atomic E-state index is 0.630. The number of para-hydroxylation sites is 1. The Morgan fingerprint density at radius 2 is 0.843 bits per heavy atom. The van der Waals surface area contributed by atoms with E-state index < -0.39 is 0 Å². The first-order chi connectivity index (χ1) is 25.3. The fourth-order valence-electron chi connectivity index (χ4n) is 7.22. The van der Waals surface area contributed by atoms with Gasteiger partial charge in [-0.1, -0.05) is 152 Å². The van der Waals surface area contributed by atoms with Gasteiger partial charge in [0, 0.05) is 33.0 Å². The van der Waals surface area contributed by atoms with Gasteiger partial charge >= 0.3 is 0 Å². The van der Waals surface area contributed by atoms with Crippen molar-refractivity contribution >= 4 is 43.5 Å². The summed E-state index contributed by atoms with van der Waals surface area (Å²) in [6, 6.07) is 61.0. The van der Waals surface area contributed by atoms with Crippen molar-refractivity contribution in [1.29, 1.82) is 0 Å². The van der Waals surface area contributed by atoms with Gasteiger partial charge in [-0.15, -0.1) is 0 Å². The van der Waals surface area contributed by atoms with Gasteiger partial charge in [0.1, 0.15) is 11.2 Å². The van der Waals surface area contributed by atoms with Crippen LogP contribution >= 0.6 is 0 Å². The minimum atomic E-state index is 0.630. The van der Waals surface area contributed by atoms with E-state index in [0.29, 0.717) is 17.5 Å². The van der Waals surface area contributed by atoms with Crippen LogP contribution in [0.25, 0.3) is 99.9 Å². The van der Waals surface area contributed by atoms with E-state index in [1.807, 2.05) is 72.8 Å². The van der Waals surface area contributed by atoms with Crippen LogP contribution in [0, 0.1) is 0 Å². The normalized spacial score (nSPS) is 11.5. The molecule has 8 aromatic carbocycles. The second-order valence-corrected chi connectivity index (χ2v) is 12.8. The molecule has 0 spiro atoms. The van der Waals surface area contributed by atoms with Crippen molar-refractivity contribution in [2.75, 3.05) is 0 Å². The molecule has 0 amide bonds. The third-order valence-corrected chi connectivity index (χ3v) is 9.70. The third kappa shape index (κ3) is 5.04. The number of furan rings is 1. The van der Waals surface area contributed by atoms with Crippen molar-refractivity contribution in [3.8, 4) is 56.4 Å². The van der Waals surface area contributed by atoms with Gasteiger partial charge in [0.2, 0.25) is 0 Å². The molecule has 4 nitrogen and oxygen atoms in total. The first-order valence-corrected chi connectivity index (χ1v) is 17.1. The Labute approximate surface area is 294 Å². The molecule has 0 aliphatic rings. The molecular formula is C47H29N3O. The van der Waals surface area contributed by atoms with E-state index in [1.165, 1.54) is 5.39 Å². The SMILES string of the molecule is c1ccc(-c2nc(-c3ccccc3)nc(-c3cc4ccccc4cc3-c3ccc(-c4c5ccccc5cc5c4oc4ccccc45)cc3)n2)cc1. The van der Waals surface area contributed by atoms with Crippen LogP contribution in [0.3, 0.4) is 0 Å². The van der Waals surface area contributed by atoms with Crippen LogP contribution < -0.4 is 0 Å². The topological polar surface area (TPSA) is 51.8 Å². The summed E-state index contributed by atoms with van der Waals surface area (Å²) in [5, 5.41) is 6.87. The van der Waals surface area contributed by atoms with E-state index >= 15 is 0 Å². The van der Waals surface area contributed by atoms with Crippen molar-refractivity contribution in [1.82, 2.24) is 15.0 Å². The van der Waals surface area contributed by atoms with Crippen molar-refractivity contribution in [2.24, 2.45) is 0 Å². The zero-order valence-electron chi connectivity index (χ0n) is 27.5. The van der Waals surface area contributed by atoms with E-state index in [1.54, 1.807) is 0 Å². The monoisotopic (exact) mass is 651 g/mol. The summed E-state index contributed by atoms with van der Waals surface area (Å²) in [6.07, 6.45) is 0. The van der Waals surface area contributed by atoms with Gasteiger partial charge in [-0.05, 0) is 62.5 Å². The number of benzene rings is 8. The lowest BCUT2D eigenvalue weighted by atomic mass is 9.91. The van der Waals surface area contributed by atoms with E-state index in [-0.39, 0.29) is 0 Å². The summed E-state index contributed by atoms with van der Waals surface area (Å²) in [4.78, 5) is 15.2. The smallest absolute Gasteiger partial charge is 0.164 e. The van der Waals surface area contributed by atoms with Crippen molar-refractivity contribution < 1.29 is 4.42 Å². The second-order valence-electron chi connectivity index (χ2n) is 12.8. The van der Waals surface area contributed by atoms with Gasteiger partial charge in [-0.2, -0.15) is 0 Å². The lowest BCUT2D eigenvalue weighted by Gasteiger charge is -2.14. The predicted octanol–water partition coefficient (Wildman–Crippen LogP) is 12.4. The highest BCUT2D eigenvalue weighted by atomic mass is 16.3. The maximum absolute atomic E-state index is 6.56. The summed E-state index contributed by atoms with van der Waals surface area (Å²) in [5.74, 6) is 1.91. The van der Waals surface area contributed by atoms with Crippen LogP contribution in [-0.2, 0) is 0 Å². The van der Waals surface area contributed by atoms with Gasteiger partial charge < -0.3 is 4.42 Å². The highest BCUT2D eigenvalue weighted by Crippen LogP contribution is 2.42. The lowest BCUT2D eigenvalue weighted by Crippen LogP contribution is -2.01. The van der Waals surface area contributed by atoms with Crippen LogP contribution in [0.2, 0.25) is 0 Å². The molecule has 10 rings (SSSR count). The van der Waals surface area contributed by atoms with E-state index in [2.05, 4.69) is 103 Å². The van der Waals surface area contributed by atoms with Crippen LogP contribution in [0.5, 0.6) is 0 Å². The van der Waals surface area contributed by atoms with Crippen LogP contribution in [-0.4, -0.2) is 15.0 Å². The number of rotatable bonds is 5. The Hall–Kier alpha value is -6.91. The summed E-state index contributed by atoms with van der Waals surface area (Å²) < 4.78 is 6.56. The van der Waals surface area contributed by atoms with Crippen molar-refractivity contribution in [3.63, 3.8) is 0 Å². The zero-order chi connectivity index (χ0) is 33.7. The predicted molar refractivity (Wildman–Crippen MR) is 209 cm³/mol. The van der Waals surface area contributed by atoms with Crippen LogP contribution in [0.15, 0.2) is 180 Å². The molecule has 0 saturated heterocycles. The largest absolute Gasteiger partial charge is 0.455 e. The van der Waals surface area contributed by atoms with E-state index in [0.717, 1.165) is 77.0 Å². The molecule has 0 aliphatic heterocycles. The molecule has 0 N–H and O–H groups in total. The first kappa shape index (κ1) is 29.0. The average molecular weight is 652 g/mol. The number of fused-ring (bicyclic) bond motifs is 5. The van der Waals surface area contributed by atoms with Crippen molar-refractivity contribution in [3.05, 3.63) is 176 Å². The first-order valence-electron chi connectivity index (χ1n) is 17.1. The molecule has 51 heavy (non-hydrogen) atoms. The van der Waals surface area contributed by atoms with Gasteiger partial charge in [-0.25, -0.2) is 15.0 Å². The molecule has 10 aromatic rings. The van der Waals surface area contributed by atoms with Crippen LogP contribution in [0.4, 0.5) is 0 Å². The molecule has 0 unspecified atom stereocenters. The molecule has 238 valence electrons. The highest BCUT2D eigenvalue weighted by Gasteiger charge is 2.19. The Kier molecular flexibility index (Phi) is 6.78. The summed E-state index contributed by atoms with van der Waals surface area (Å²) >= 11 is 0. The maximum atomic E-state index is 6.56. The number of aromatic nitrogens is 3. The summed E-state index contributed by atoms with van der Waals surface area (Å²) in [5.41, 5.74) is 8.95. The lowest BCUT2D eigenvalue weighted by molar-refractivity contribution is 0.670. The standard InChI is InChI=1S/C47H29N3O/c1-3-13-32(14-4-1)45-48-46(33-15-5-2-6-16-33)50-47(49-45)41-28-35-18-8-7-17-34(35)27-39(41)30-23-25-31(26-24-30)43-37-20-10-9-19-36(37)29-40-38-21-11-12-22-42(38)51-44(40)43/h1-29H. The fraction of sp³-hybridized carbons (Fsp3) is 0. The Balaban J connectivity index is 1.18. The fourth-order valence-corrected chi connectivity index (χ4v) is 7.22. The number of hydrogen-bond acceptors (Lipinski definition) is 4. The molecule has 0 saturated carbocycles. The molecule has 0 atom stereocenters. The average Bonchev–Trinajstić information content (AvgIpc) is 3.58. The quantitative estimate of drug-likeness (QED) is 0.186. The Bertz CT molecular complexity index is 2840. The Morgan fingerprint density at radius 3 is 1.51 bits per heavy atom. The molecule has 0 bridgehead atoms. The van der Waals surface area contributed by atoms with Gasteiger partial charge in [0.15, 0.2) is 17.5 Å². The Morgan fingerprint density at radius 1 is 0.333 bits per heavy atom. The summed E-state index contributed by atoms with van der Waals surface area (Å²) in [7, 11) is 0. The minimum Gasteiger partial charge on any atom is -0.455 e.